The normalized spacial score (nSPS) is 10.9. The summed E-state index contributed by atoms with van der Waals surface area (Å²) in [6.45, 7) is 3.46. The summed E-state index contributed by atoms with van der Waals surface area (Å²) in [7, 11) is -3.75. The van der Waals surface area contributed by atoms with Crippen LogP contribution in [0.1, 0.15) is 24.2 Å². The van der Waals surface area contributed by atoms with E-state index in [0.717, 1.165) is 0 Å². The van der Waals surface area contributed by atoms with E-state index in [9.17, 15) is 18.0 Å². The molecule has 2 N–H and O–H groups in total. The van der Waals surface area contributed by atoms with Gasteiger partial charge in [-0.05, 0) is 67.6 Å². The van der Waals surface area contributed by atoms with Crippen LogP contribution in [-0.4, -0.2) is 26.8 Å². The van der Waals surface area contributed by atoms with Crippen LogP contribution in [0.15, 0.2) is 83.8 Å². The molecule has 160 valence electrons. The van der Waals surface area contributed by atoms with E-state index in [2.05, 4.69) is 10.6 Å². The van der Waals surface area contributed by atoms with Gasteiger partial charge in [-0.2, -0.15) is 0 Å². The van der Waals surface area contributed by atoms with Gasteiger partial charge in [0, 0.05) is 30.4 Å². The number of carbonyl (C=O) groups is 2. The third-order valence-corrected chi connectivity index (χ3v) is 6.42. The lowest BCUT2D eigenvalue weighted by Crippen LogP contribution is -2.30. The van der Waals surface area contributed by atoms with Gasteiger partial charge in [0.1, 0.15) is 0 Å². The van der Waals surface area contributed by atoms with Gasteiger partial charge in [0.05, 0.1) is 10.6 Å². The third-order valence-electron chi connectivity index (χ3n) is 4.50. The van der Waals surface area contributed by atoms with E-state index in [0.29, 0.717) is 22.6 Å². The summed E-state index contributed by atoms with van der Waals surface area (Å²) in [5.74, 6) is -0.549. The van der Waals surface area contributed by atoms with Crippen molar-refractivity contribution in [2.45, 2.75) is 18.7 Å². The van der Waals surface area contributed by atoms with Crippen LogP contribution in [0.5, 0.6) is 0 Å². The fraction of sp³-hybridized carbons (Fsp3) is 0.130. The molecule has 0 bridgehead atoms. The van der Waals surface area contributed by atoms with Gasteiger partial charge >= 0.3 is 0 Å². The summed E-state index contributed by atoms with van der Waals surface area (Å²) in [6.07, 6.45) is 0. The van der Waals surface area contributed by atoms with Gasteiger partial charge in [0.15, 0.2) is 0 Å². The monoisotopic (exact) mass is 437 g/mol. The fourth-order valence-electron chi connectivity index (χ4n) is 3.03. The van der Waals surface area contributed by atoms with Gasteiger partial charge < -0.3 is 10.6 Å². The number of sulfonamides is 1. The second kappa shape index (κ2) is 9.44. The standard InChI is InChI=1S/C23H23N3O4S/c1-3-26(21-7-5-4-6-8-21)31(29,30)22-15-9-18(10-16-22)23(28)25-20-13-11-19(12-14-20)24-17(2)27/h4-16H,3H2,1-2H3,(H,24,27)(H,25,28). The summed E-state index contributed by atoms with van der Waals surface area (Å²) >= 11 is 0. The molecule has 0 heterocycles. The van der Waals surface area contributed by atoms with E-state index >= 15 is 0 Å². The average Bonchev–Trinajstić information content (AvgIpc) is 2.76. The number of rotatable bonds is 7. The third kappa shape index (κ3) is 5.29. The first-order chi connectivity index (χ1) is 14.8. The topological polar surface area (TPSA) is 95.6 Å². The number of carbonyl (C=O) groups excluding carboxylic acids is 2. The summed E-state index contributed by atoms with van der Waals surface area (Å²) < 4.78 is 27.4. The van der Waals surface area contributed by atoms with Gasteiger partial charge in [-0.25, -0.2) is 8.42 Å². The maximum atomic E-state index is 13.0. The predicted molar refractivity (Wildman–Crippen MR) is 122 cm³/mol. The molecule has 0 unspecified atom stereocenters. The minimum atomic E-state index is -3.75. The Morgan fingerprint density at radius 3 is 1.87 bits per heavy atom. The number of para-hydroxylation sites is 1. The van der Waals surface area contributed by atoms with Crippen molar-refractivity contribution in [2.75, 3.05) is 21.5 Å². The Hall–Kier alpha value is -3.65. The van der Waals surface area contributed by atoms with Crippen LogP contribution < -0.4 is 14.9 Å². The lowest BCUT2D eigenvalue weighted by Gasteiger charge is -2.23. The van der Waals surface area contributed by atoms with Crippen LogP contribution in [0.4, 0.5) is 17.1 Å². The van der Waals surface area contributed by atoms with E-state index in [4.69, 9.17) is 0 Å². The zero-order chi connectivity index (χ0) is 22.4. The molecule has 0 atom stereocenters. The fourth-order valence-corrected chi connectivity index (χ4v) is 4.51. The van der Waals surface area contributed by atoms with Gasteiger partial charge in [0.2, 0.25) is 5.91 Å². The first kappa shape index (κ1) is 22.0. The van der Waals surface area contributed by atoms with Crippen LogP contribution in [0, 0.1) is 0 Å². The van der Waals surface area contributed by atoms with Crippen molar-refractivity contribution in [1.29, 1.82) is 0 Å². The Balaban J connectivity index is 1.74. The smallest absolute Gasteiger partial charge is 0.264 e. The molecule has 2 amide bonds. The van der Waals surface area contributed by atoms with Gasteiger partial charge in [0.25, 0.3) is 15.9 Å². The average molecular weight is 438 g/mol. The molecule has 0 fully saturated rings. The molecule has 0 radical (unpaired) electrons. The summed E-state index contributed by atoms with van der Waals surface area (Å²) in [4.78, 5) is 23.7. The first-order valence-electron chi connectivity index (χ1n) is 9.68. The van der Waals surface area contributed by atoms with Crippen molar-refractivity contribution in [1.82, 2.24) is 0 Å². The van der Waals surface area contributed by atoms with E-state index in [1.54, 1.807) is 55.5 Å². The van der Waals surface area contributed by atoms with Crippen molar-refractivity contribution in [2.24, 2.45) is 0 Å². The van der Waals surface area contributed by atoms with E-state index in [-0.39, 0.29) is 23.3 Å². The summed E-state index contributed by atoms with van der Waals surface area (Å²) in [5.41, 5.74) is 2.08. The quantitative estimate of drug-likeness (QED) is 0.581. The number of amides is 2. The summed E-state index contributed by atoms with van der Waals surface area (Å²) in [5, 5.41) is 5.40. The molecule has 7 nitrogen and oxygen atoms in total. The molecular weight excluding hydrogens is 414 g/mol. The molecule has 3 aromatic rings. The highest BCUT2D eigenvalue weighted by atomic mass is 32.2. The highest BCUT2D eigenvalue weighted by Gasteiger charge is 2.23. The molecule has 31 heavy (non-hydrogen) atoms. The molecule has 0 aliphatic heterocycles. The molecule has 0 aliphatic carbocycles. The van der Waals surface area contributed by atoms with Gasteiger partial charge in [-0.3, -0.25) is 13.9 Å². The minimum absolute atomic E-state index is 0.106. The predicted octanol–water partition coefficient (Wildman–Crippen LogP) is 4.11. The maximum absolute atomic E-state index is 13.0. The molecule has 3 rings (SSSR count). The Kier molecular flexibility index (Phi) is 6.71. The van der Waals surface area contributed by atoms with Crippen molar-refractivity contribution in [3.8, 4) is 0 Å². The van der Waals surface area contributed by atoms with Crippen molar-refractivity contribution < 1.29 is 18.0 Å². The van der Waals surface area contributed by atoms with Crippen molar-refractivity contribution >= 4 is 38.9 Å². The van der Waals surface area contributed by atoms with Crippen LogP contribution in [0.2, 0.25) is 0 Å². The van der Waals surface area contributed by atoms with Crippen molar-refractivity contribution in [3.05, 3.63) is 84.4 Å². The van der Waals surface area contributed by atoms with Crippen molar-refractivity contribution in [3.63, 3.8) is 0 Å². The minimum Gasteiger partial charge on any atom is -0.326 e. The molecule has 0 aliphatic rings. The number of benzene rings is 3. The van der Waals surface area contributed by atoms with Crippen LogP contribution in [0.25, 0.3) is 0 Å². The molecule has 0 aromatic heterocycles. The van der Waals surface area contributed by atoms with E-state index in [1.165, 1.54) is 35.5 Å². The molecular formula is C23H23N3O4S. The van der Waals surface area contributed by atoms with Gasteiger partial charge in [-0.1, -0.05) is 18.2 Å². The van der Waals surface area contributed by atoms with Crippen LogP contribution >= 0.6 is 0 Å². The number of nitrogens with one attached hydrogen (secondary N) is 2. The van der Waals surface area contributed by atoms with Crippen LogP contribution in [-0.2, 0) is 14.8 Å². The molecule has 3 aromatic carbocycles. The second-order valence-electron chi connectivity index (χ2n) is 6.74. The zero-order valence-electron chi connectivity index (χ0n) is 17.2. The van der Waals surface area contributed by atoms with E-state index in [1.807, 2.05) is 6.07 Å². The van der Waals surface area contributed by atoms with Gasteiger partial charge in [-0.15, -0.1) is 0 Å². The van der Waals surface area contributed by atoms with E-state index < -0.39 is 10.0 Å². The molecule has 8 heteroatoms. The summed E-state index contributed by atoms with van der Waals surface area (Å²) in [6, 6.07) is 21.4. The Morgan fingerprint density at radius 2 is 1.35 bits per heavy atom. The molecule has 0 spiro atoms. The Morgan fingerprint density at radius 1 is 0.806 bits per heavy atom. The highest BCUT2D eigenvalue weighted by molar-refractivity contribution is 7.92. The first-order valence-corrected chi connectivity index (χ1v) is 11.1. The lowest BCUT2D eigenvalue weighted by atomic mass is 10.2. The lowest BCUT2D eigenvalue weighted by molar-refractivity contribution is -0.114. The number of hydrogen-bond donors (Lipinski definition) is 2. The number of hydrogen-bond acceptors (Lipinski definition) is 4. The second-order valence-corrected chi connectivity index (χ2v) is 8.60. The number of anilines is 3. The Bertz CT molecular complexity index is 1160. The molecule has 0 saturated heterocycles. The SMILES string of the molecule is CCN(c1ccccc1)S(=O)(=O)c1ccc(C(=O)Nc2ccc(NC(C)=O)cc2)cc1. The van der Waals surface area contributed by atoms with Crippen LogP contribution in [0.3, 0.4) is 0 Å². The largest absolute Gasteiger partial charge is 0.326 e. The molecule has 0 saturated carbocycles. The maximum Gasteiger partial charge on any atom is 0.264 e. The number of nitrogens with zero attached hydrogens (tertiary/aromatic N) is 1. The Labute approximate surface area is 181 Å². The highest BCUT2D eigenvalue weighted by Crippen LogP contribution is 2.23. The zero-order valence-corrected chi connectivity index (χ0v) is 18.0.